The molecule has 3 N–H and O–H groups in total. The fourth-order valence-corrected chi connectivity index (χ4v) is 1.20. The summed E-state index contributed by atoms with van der Waals surface area (Å²) in [5.74, 6) is 0.704. The molecule has 0 amide bonds. The molecule has 0 heterocycles. The van der Waals surface area contributed by atoms with Gasteiger partial charge < -0.3 is 15.6 Å². The summed E-state index contributed by atoms with van der Waals surface area (Å²) in [5.41, 5.74) is 7.67. The number of aliphatic hydroxyl groups excluding tert-OH is 1. The zero-order chi connectivity index (χ0) is 10.4. The van der Waals surface area contributed by atoms with Crippen LogP contribution in [0.25, 0.3) is 0 Å². The maximum Gasteiger partial charge on any atom is 0.142 e. The van der Waals surface area contributed by atoms with Crippen molar-refractivity contribution in [1.82, 2.24) is 0 Å². The molecule has 0 aliphatic carbocycles. The highest BCUT2D eigenvalue weighted by atomic mass is 16.5. The number of aliphatic hydroxyl groups is 1. The van der Waals surface area contributed by atoms with Gasteiger partial charge in [-0.25, -0.2) is 0 Å². The highest BCUT2D eigenvalue weighted by molar-refractivity contribution is 5.54. The Morgan fingerprint density at radius 2 is 2.21 bits per heavy atom. The van der Waals surface area contributed by atoms with Gasteiger partial charge in [0, 0.05) is 13.0 Å². The van der Waals surface area contributed by atoms with Crippen LogP contribution in [0, 0.1) is 0 Å². The SMILES string of the molecule is CCc1ccc(OCCCO)c(N)c1. The zero-order valence-corrected chi connectivity index (χ0v) is 8.49. The van der Waals surface area contributed by atoms with Crippen LogP contribution in [-0.4, -0.2) is 18.3 Å². The van der Waals surface area contributed by atoms with Gasteiger partial charge in [-0.3, -0.25) is 0 Å². The molecule has 3 nitrogen and oxygen atoms in total. The van der Waals surface area contributed by atoms with E-state index in [1.807, 2.05) is 18.2 Å². The molecule has 0 atom stereocenters. The first-order valence-corrected chi connectivity index (χ1v) is 4.90. The van der Waals surface area contributed by atoms with Crippen LogP contribution >= 0.6 is 0 Å². The number of aryl methyl sites for hydroxylation is 1. The van der Waals surface area contributed by atoms with Gasteiger partial charge in [0.05, 0.1) is 12.3 Å². The molecule has 14 heavy (non-hydrogen) atoms. The van der Waals surface area contributed by atoms with E-state index in [0.29, 0.717) is 24.5 Å². The average molecular weight is 195 g/mol. The summed E-state index contributed by atoms with van der Waals surface area (Å²) in [6, 6.07) is 5.81. The lowest BCUT2D eigenvalue weighted by atomic mass is 10.1. The fraction of sp³-hybridized carbons (Fsp3) is 0.455. The molecule has 1 rings (SSSR count). The van der Waals surface area contributed by atoms with Gasteiger partial charge in [-0.1, -0.05) is 13.0 Å². The van der Waals surface area contributed by atoms with Crippen LogP contribution < -0.4 is 10.5 Å². The number of anilines is 1. The average Bonchev–Trinajstić information content (AvgIpc) is 2.20. The van der Waals surface area contributed by atoms with Gasteiger partial charge in [-0.05, 0) is 24.1 Å². The molecule has 0 fully saturated rings. The molecule has 3 heteroatoms. The standard InChI is InChI=1S/C11H17NO2/c1-2-9-4-5-11(10(12)8-9)14-7-3-6-13/h4-5,8,13H,2-3,6-7,12H2,1H3. The molecule has 0 bridgehead atoms. The van der Waals surface area contributed by atoms with E-state index in [1.165, 1.54) is 5.56 Å². The Balaban J connectivity index is 2.59. The molecule has 0 saturated carbocycles. The molecule has 0 spiro atoms. The molecule has 0 aliphatic rings. The van der Waals surface area contributed by atoms with Crippen molar-refractivity contribution in [3.05, 3.63) is 23.8 Å². The summed E-state index contributed by atoms with van der Waals surface area (Å²) in [7, 11) is 0. The monoisotopic (exact) mass is 195 g/mol. The predicted molar refractivity (Wildman–Crippen MR) is 57.4 cm³/mol. The van der Waals surface area contributed by atoms with Crippen LogP contribution in [0.15, 0.2) is 18.2 Å². The number of rotatable bonds is 5. The third-order valence-corrected chi connectivity index (χ3v) is 2.04. The fourth-order valence-electron chi connectivity index (χ4n) is 1.20. The van der Waals surface area contributed by atoms with E-state index in [2.05, 4.69) is 6.92 Å². The molecule has 0 aliphatic heterocycles. The second-order valence-corrected chi connectivity index (χ2v) is 3.15. The lowest BCUT2D eigenvalue weighted by Gasteiger charge is -2.09. The van der Waals surface area contributed by atoms with E-state index in [9.17, 15) is 0 Å². The van der Waals surface area contributed by atoms with Gasteiger partial charge in [-0.15, -0.1) is 0 Å². The first-order valence-electron chi connectivity index (χ1n) is 4.90. The van der Waals surface area contributed by atoms with Crippen molar-refractivity contribution in [3.63, 3.8) is 0 Å². The van der Waals surface area contributed by atoms with Crippen molar-refractivity contribution >= 4 is 5.69 Å². The highest BCUT2D eigenvalue weighted by Gasteiger charge is 2.00. The van der Waals surface area contributed by atoms with Gasteiger partial charge in [0.2, 0.25) is 0 Å². The van der Waals surface area contributed by atoms with Crippen molar-refractivity contribution < 1.29 is 9.84 Å². The van der Waals surface area contributed by atoms with Gasteiger partial charge in [-0.2, -0.15) is 0 Å². The number of ether oxygens (including phenoxy) is 1. The predicted octanol–water partition coefficient (Wildman–Crippen LogP) is 1.59. The molecule has 0 aromatic heterocycles. The number of hydrogen-bond donors (Lipinski definition) is 2. The summed E-state index contributed by atoms with van der Waals surface area (Å²) in [6.07, 6.45) is 1.61. The second kappa shape index (κ2) is 5.50. The van der Waals surface area contributed by atoms with Crippen LogP contribution in [0.2, 0.25) is 0 Å². The largest absolute Gasteiger partial charge is 0.491 e. The van der Waals surface area contributed by atoms with Gasteiger partial charge >= 0.3 is 0 Å². The molecule has 0 saturated heterocycles. The van der Waals surface area contributed by atoms with Gasteiger partial charge in [0.25, 0.3) is 0 Å². The summed E-state index contributed by atoms with van der Waals surface area (Å²) in [5, 5.41) is 8.58. The van der Waals surface area contributed by atoms with Crippen LogP contribution in [-0.2, 0) is 6.42 Å². The van der Waals surface area contributed by atoms with Crippen LogP contribution in [0.5, 0.6) is 5.75 Å². The topological polar surface area (TPSA) is 55.5 Å². The molecule has 0 radical (unpaired) electrons. The smallest absolute Gasteiger partial charge is 0.142 e. The second-order valence-electron chi connectivity index (χ2n) is 3.15. The Morgan fingerprint density at radius 3 is 2.79 bits per heavy atom. The minimum Gasteiger partial charge on any atom is -0.491 e. The Morgan fingerprint density at radius 1 is 1.43 bits per heavy atom. The Labute approximate surface area is 84.5 Å². The molecular weight excluding hydrogens is 178 g/mol. The van der Waals surface area contributed by atoms with E-state index in [-0.39, 0.29) is 6.61 Å². The molecule has 1 aromatic carbocycles. The number of nitrogens with two attached hydrogens (primary N) is 1. The van der Waals surface area contributed by atoms with Crippen molar-refractivity contribution in [2.45, 2.75) is 19.8 Å². The van der Waals surface area contributed by atoms with Gasteiger partial charge in [0.1, 0.15) is 5.75 Å². The normalized spacial score (nSPS) is 10.1. The number of benzene rings is 1. The Hall–Kier alpha value is -1.22. The maximum atomic E-state index is 8.58. The summed E-state index contributed by atoms with van der Waals surface area (Å²) in [4.78, 5) is 0. The number of nitrogen functional groups attached to an aromatic ring is 1. The lowest BCUT2D eigenvalue weighted by molar-refractivity contribution is 0.234. The van der Waals surface area contributed by atoms with E-state index < -0.39 is 0 Å². The summed E-state index contributed by atoms with van der Waals surface area (Å²) in [6.45, 7) is 2.74. The summed E-state index contributed by atoms with van der Waals surface area (Å²) < 4.78 is 5.39. The quantitative estimate of drug-likeness (QED) is 0.554. The zero-order valence-electron chi connectivity index (χ0n) is 8.49. The van der Waals surface area contributed by atoms with Crippen molar-refractivity contribution in [3.8, 4) is 5.75 Å². The van der Waals surface area contributed by atoms with Crippen molar-refractivity contribution in [2.24, 2.45) is 0 Å². The van der Waals surface area contributed by atoms with E-state index in [4.69, 9.17) is 15.6 Å². The van der Waals surface area contributed by atoms with Crippen LogP contribution in [0.4, 0.5) is 5.69 Å². The molecule has 78 valence electrons. The van der Waals surface area contributed by atoms with Crippen molar-refractivity contribution in [1.29, 1.82) is 0 Å². The highest BCUT2D eigenvalue weighted by Crippen LogP contribution is 2.22. The minimum absolute atomic E-state index is 0.146. The van der Waals surface area contributed by atoms with Crippen LogP contribution in [0.3, 0.4) is 0 Å². The van der Waals surface area contributed by atoms with Crippen LogP contribution in [0.1, 0.15) is 18.9 Å². The van der Waals surface area contributed by atoms with Gasteiger partial charge in [0.15, 0.2) is 0 Å². The molecular formula is C11H17NO2. The Kier molecular flexibility index (Phi) is 4.26. The molecule has 1 aromatic rings. The summed E-state index contributed by atoms with van der Waals surface area (Å²) >= 11 is 0. The van der Waals surface area contributed by atoms with E-state index in [1.54, 1.807) is 0 Å². The number of hydrogen-bond acceptors (Lipinski definition) is 3. The minimum atomic E-state index is 0.146. The first-order chi connectivity index (χ1) is 6.77. The third-order valence-electron chi connectivity index (χ3n) is 2.04. The van der Waals surface area contributed by atoms with E-state index in [0.717, 1.165) is 6.42 Å². The van der Waals surface area contributed by atoms with E-state index >= 15 is 0 Å². The third kappa shape index (κ3) is 2.92. The first kappa shape index (κ1) is 10.9. The molecule has 0 unspecified atom stereocenters. The Bertz CT molecular complexity index is 287. The lowest BCUT2D eigenvalue weighted by Crippen LogP contribution is -2.02. The van der Waals surface area contributed by atoms with Crippen molar-refractivity contribution in [2.75, 3.05) is 18.9 Å². The maximum absolute atomic E-state index is 8.58.